The normalized spacial score (nSPS) is 15.7. The zero-order valence-electron chi connectivity index (χ0n) is 16.7. The molecule has 31 heavy (non-hydrogen) atoms. The van der Waals surface area contributed by atoms with Crippen molar-refractivity contribution in [2.24, 2.45) is 0 Å². The molecule has 0 radical (unpaired) electrons. The smallest absolute Gasteiger partial charge is 0.274 e. The highest BCUT2D eigenvalue weighted by Crippen LogP contribution is 2.31. The third-order valence-corrected chi connectivity index (χ3v) is 5.59. The fraction of sp³-hybridized carbons (Fsp3) is 0.217. The Morgan fingerprint density at radius 2 is 1.84 bits per heavy atom. The van der Waals surface area contributed by atoms with E-state index in [0.717, 1.165) is 5.39 Å². The molecule has 0 spiro atoms. The molecule has 1 atom stereocenters. The summed E-state index contributed by atoms with van der Waals surface area (Å²) in [4.78, 5) is 38.1. The molecule has 8 heteroatoms. The number of rotatable bonds is 5. The number of fused-ring (bicyclic) bond motifs is 1. The van der Waals surface area contributed by atoms with Crippen LogP contribution in [-0.2, 0) is 11.3 Å². The molecule has 0 aromatic heterocycles. The van der Waals surface area contributed by atoms with Crippen LogP contribution in [0.3, 0.4) is 0 Å². The molecule has 2 N–H and O–H groups in total. The zero-order valence-corrected chi connectivity index (χ0v) is 16.7. The van der Waals surface area contributed by atoms with E-state index in [1.807, 2.05) is 12.1 Å². The minimum atomic E-state index is -0.693. The highest BCUT2D eigenvalue weighted by molar-refractivity contribution is 6.05. The number of aromatic hydroxyl groups is 1. The monoisotopic (exact) mass is 419 g/mol. The standard InChI is InChI=1S/C23H21N3O5/c27-21-17-8-3-1-6-15(17)11-12-18(21)23(29)25-13-5-10-20(25)22(28)24-14-16-7-2-4-9-19(16)26(30)31/h1-4,6-9,11-12,20,27H,5,10,13-14H2,(H,24,28). The van der Waals surface area contributed by atoms with Gasteiger partial charge in [-0.15, -0.1) is 0 Å². The first-order valence-electron chi connectivity index (χ1n) is 9.99. The lowest BCUT2D eigenvalue weighted by Crippen LogP contribution is -2.45. The second-order valence-electron chi connectivity index (χ2n) is 7.44. The van der Waals surface area contributed by atoms with Crippen LogP contribution in [0.15, 0.2) is 60.7 Å². The maximum absolute atomic E-state index is 13.1. The van der Waals surface area contributed by atoms with Crippen LogP contribution >= 0.6 is 0 Å². The van der Waals surface area contributed by atoms with Gasteiger partial charge in [0, 0.05) is 30.1 Å². The molecule has 0 bridgehead atoms. The Morgan fingerprint density at radius 3 is 2.65 bits per heavy atom. The van der Waals surface area contributed by atoms with Crippen molar-refractivity contribution in [2.45, 2.75) is 25.4 Å². The number of phenols is 1. The molecule has 158 valence electrons. The molecule has 3 aromatic rings. The van der Waals surface area contributed by atoms with Crippen molar-refractivity contribution in [1.82, 2.24) is 10.2 Å². The lowest BCUT2D eigenvalue weighted by molar-refractivity contribution is -0.385. The number of hydrogen-bond donors (Lipinski definition) is 2. The quantitative estimate of drug-likeness (QED) is 0.486. The molecule has 1 saturated heterocycles. The van der Waals surface area contributed by atoms with Crippen LogP contribution in [0.4, 0.5) is 5.69 Å². The Balaban J connectivity index is 1.51. The number of nitrogens with zero attached hydrogens (tertiary/aromatic N) is 2. The lowest BCUT2D eigenvalue weighted by Gasteiger charge is -2.24. The molecule has 1 fully saturated rings. The van der Waals surface area contributed by atoms with Gasteiger partial charge in [-0.3, -0.25) is 19.7 Å². The summed E-state index contributed by atoms with van der Waals surface area (Å²) in [6.45, 7) is 0.393. The predicted octanol–water partition coefficient (Wildman–Crippen LogP) is 3.37. The van der Waals surface area contributed by atoms with Crippen molar-refractivity contribution in [3.05, 3.63) is 81.9 Å². The third-order valence-electron chi connectivity index (χ3n) is 5.59. The number of phenolic OH excluding ortho intramolecular Hbond substituents is 1. The summed E-state index contributed by atoms with van der Waals surface area (Å²) < 4.78 is 0. The van der Waals surface area contributed by atoms with Gasteiger partial charge in [0.25, 0.3) is 11.6 Å². The molecule has 0 saturated carbocycles. The first kappa shape index (κ1) is 20.3. The van der Waals surface area contributed by atoms with Crippen molar-refractivity contribution in [3.8, 4) is 5.75 Å². The number of carbonyl (C=O) groups is 2. The average Bonchev–Trinajstić information content (AvgIpc) is 3.28. The maximum Gasteiger partial charge on any atom is 0.274 e. The third kappa shape index (κ3) is 3.92. The summed E-state index contributed by atoms with van der Waals surface area (Å²) in [6.07, 6.45) is 1.15. The fourth-order valence-electron chi connectivity index (χ4n) is 4.00. The van der Waals surface area contributed by atoms with E-state index in [2.05, 4.69) is 5.32 Å². The van der Waals surface area contributed by atoms with Crippen molar-refractivity contribution < 1.29 is 19.6 Å². The summed E-state index contributed by atoms with van der Waals surface area (Å²) in [5, 5.41) is 25.9. The minimum absolute atomic E-state index is 0.00422. The molecule has 4 rings (SSSR count). The van der Waals surface area contributed by atoms with Crippen molar-refractivity contribution in [2.75, 3.05) is 6.54 Å². The summed E-state index contributed by atoms with van der Waals surface area (Å²) in [5.41, 5.74) is 0.476. The van der Waals surface area contributed by atoms with E-state index in [9.17, 15) is 24.8 Å². The van der Waals surface area contributed by atoms with E-state index in [-0.39, 0.29) is 29.5 Å². The van der Waals surface area contributed by atoms with Crippen LogP contribution in [0, 0.1) is 10.1 Å². The van der Waals surface area contributed by atoms with Gasteiger partial charge in [0.1, 0.15) is 11.8 Å². The van der Waals surface area contributed by atoms with Crippen molar-refractivity contribution in [1.29, 1.82) is 0 Å². The van der Waals surface area contributed by atoms with Gasteiger partial charge in [0.05, 0.1) is 10.5 Å². The van der Waals surface area contributed by atoms with Gasteiger partial charge in [0.2, 0.25) is 5.91 Å². The highest BCUT2D eigenvalue weighted by Gasteiger charge is 2.35. The number of carbonyl (C=O) groups excluding carboxylic acids is 2. The highest BCUT2D eigenvalue weighted by atomic mass is 16.6. The molecule has 8 nitrogen and oxygen atoms in total. The number of nitro groups is 1. The van der Waals surface area contributed by atoms with Gasteiger partial charge in [-0.05, 0) is 24.3 Å². The number of para-hydroxylation sites is 1. The van der Waals surface area contributed by atoms with E-state index in [1.165, 1.54) is 11.0 Å². The van der Waals surface area contributed by atoms with E-state index >= 15 is 0 Å². The molecule has 1 aliphatic heterocycles. The first-order chi connectivity index (χ1) is 15.0. The number of nitro benzene ring substituents is 1. The van der Waals surface area contributed by atoms with Crippen LogP contribution in [0.25, 0.3) is 10.8 Å². The Labute approximate surface area is 178 Å². The summed E-state index contributed by atoms with van der Waals surface area (Å²) in [7, 11) is 0. The molecule has 1 heterocycles. The van der Waals surface area contributed by atoms with Crippen molar-refractivity contribution in [3.63, 3.8) is 0 Å². The van der Waals surface area contributed by atoms with E-state index < -0.39 is 16.9 Å². The van der Waals surface area contributed by atoms with Gasteiger partial charge >= 0.3 is 0 Å². The number of amides is 2. The van der Waals surface area contributed by atoms with Crippen LogP contribution in [0.2, 0.25) is 0 Å². The lowest BCUT2D eigenvalue weighted by atomic mass is 10.0. The number of benzene rings is 3. The van der Waals surface area contributed by atoms with Crippen LogP contribution in [-0.4, -0.2) is 39.3 Å². The zero-order chi connectivity index (χ0) is 22.0. The van der Waals surface area contributed by atoms with Gasteiger partial charge in [-0.2, -0.15) is 0 Å². The van der Waals surface area contributed by atoms with E-state index in [0.29, 0.717) is 30.3 Å². The van der Waals surface area contributed by atoms with E-state index in [4.69, 9.17) is 0 Å². The Bertz CT molecular complexity index is 1180. The maximum atomic E-state index is 13.1. The summed E-state index contributed by atoms with van der Waals surface area (Å²) in [5.74, 6) is -0.884. The van der Waals surface area contributed by atoms with Crippen LogP contribution in [0.1, 0.15) is 28.8 Å². The Hall–Kier alpha value is -3.94. The summed E-state index contributed by atoms with van der Waals surface area (Å²) >= 11 is 0. The number of nitrogens with one attached hydrogen (secondary N) is 1. The Morgan fingerprint density at radius 1 is 1.10 bits per heavy atom. The molecule has 1 aliphatic rings. The van der Waals surface area contributed by atoms with Gasteiger partial charge in [-0.25, -0.2) is 0 Å². The molecule has 0 aliphatic carbocycles. The minimum Gasteiger partial charge on any atom is -0.506 e. The van der Waals surface area contributed by atoms with Crippen LogP contribution < -0.4 is 5.32 Å². The second kappa shape index (κ2) is 8.43. The first-order valence-corrected chi connectivity index (χ1v) is 9.99. The van der Waals surface area contributed by atoms with E-state index in [1.54, 1.807) is 42.5 Å². The van der Waals surface area contributed by atoms with Gasteiger partial charge in [-0.1, -0.05) is 48.5 Å². The molecule has 2 amide bonds. The van der Waals surface area contributed by atoms with Gasteiger partial charge in [0.15, 0.2) is 0 Å². The predicted molar refractivity (Wildman–Crippen MR) is 115 cm³/mol. The number of likely N-dealkylation sites (tertiary alicyclic amines) is 1. The largest absolute Gasteiger partial charge is 0.506 e. The van der Waals surface area contributed by atoms with Crippen LogP contribution in [0.5, 0.6) is 5.75 Å². The number of hydrogen-bond acceptors (Lipinski definition) is 5. The molecular formula is C23H21N3O5. The Kier molecular flexibility index (Phi) is 5.53. The van der Waals surface area contributed by atoms with Crippen molar-refractivity contribution >= 4 is 28.3 Å². The van der Waals surface area contributed by atoms with Gasteiger partial charge < -0.3 is 15.3 Å². The molecule has 1 unspecified atom stereocenters. The topological polar surface area (TPSA) is 113 Å². The summed E-state index contributed by atoms with van der Waals surface area (Å²) in [6, 6.07) is 16.1. The second-order valence-corrected chi connectivity index (χ2v) is 7.44. The molecule has 3 aromatic carbocycles. The fourth-order valence-corrected chi connectivity index (χ4v) is 4.00. The average molecular weight is 419 g/mol. The SMILES string of the molecule is O=C(NCc1ccccc1[N+](=O)[O-])C1CCCN1C(=O)c1ccc2ccccc2c1O. The molecular weight excluding hydrogens is 398 g/mol.